The van der Waals surface area contributed by atoms with Gasteiger partial charge >= 0.3 is 5.97 Å². The van der Waals surface area contributed by atoms with E-state index < -0.39 is 5.97 Å². The van der Waals surface area contributed by atoms with Gasteiger partial charge < -0.3 is 9.30 Å². The van der Waals surface area contributed by atoms with Crippen molar-refractivity contribution in [1.29, 1.82) is 5.26 Å². The van der Waals surface area contributed by atoms with Crippen LogP contribution in [-0.4, -0.2) is 22.6 Å². The number of esters is 1. The summed E-state index contributed by atoms with van der Waals surface area (Å²) < 4.78 is 6.07. The van der Waals surface area contributed by atoms with Gasteiger partial charge in [-0.2, -0.15) is 5.26 Å². The maximum Gasteiger partial charge on any atom is 0.358 e. The first-order chi connectivity index (χ1) is 6.19. The number of carbonyl (C=O) groups excluding carboxylic acids is 1. The Morgan fingerprint density at radius 1 is 1.85 bits per heavy atom. The zero-order chi connectivity index (χ0) is 9.84. The first-order valence-corrected chi connectivity index (χ1v) is 3.68. The number of rotatable bonds is 2. The van der Waals surface area contributed by atoms with Crippen LogP contribution in [-0.2, 0) is 11.3 Å². The van der Waals surface area contributed by atoms with Gasteiger partial charge in [0.25, 0.3) is 0 Å². The van der Waals surface area contributed by atoms with E-state index in [1.165, 1.54) is 13.3 Å². The van der Waals surface area contributed by atoms with Gasteiger partial charge in [0.2, 0.25) is 0 Å². The van der Waals surface area contributed by atoms with E-state index in [0.717, 1.165) is 0 Å². The van der Waals surface area contributed by atoms with E-state index in [0.29, 0.717) is 5.82 Å². The Bertz CT molecular complexity index is 362. The number of ether oxygens (including phenoxy) is 1. The molecule has 0 unspecified atom stereocenters. The summed E-state index contributed by atoms with van der Waals surface area (Å²) in [5.41, 5.74) is 0.232. The number of imidazole rings is 1. The quantitative estimate of drug-likeness (QED) is 0.620. The Morgan fingerprint density at radius 3 is 3.08 bits per heavy atom. The fourth-order valence-corrected chi connectivity index (χ4v) is 0.948. The summed E-state index contributed by atoms with van der Waals surface area (Å²) in [4.78, 5) is 14.9. The maximum atomic E-state index is 11.0. The molecule has 5 nitrogen and oxygen atoms in total. The lowest BCUT2D eigenvalue weighted by Crippen LogP contribution is -2.01. The molecule has 0 aromatic carbocycles. The van der Waals surface area contributed by atoms with Crippen molar-refractivity contribution in [3.63, 3.8) is 0 Å². The van der Waals surface area contributed by atoms with Crippen molar-refractivity contribution in [3.05, 3.63) is 17.7 Å². The molecule has 0 fully saturated rings. The number of aryl methyl sites for hydroxylation is 1. The molecule has 0 radical (unpaired) electrons. The summed E-state index contributed by atoms with van der Waals surface area (Å²) in [5.74, 6) is 0.140. The zero-order valence-corrected chi connectivity index (χ0v) is 7.44. The predicted octanol–water partition coefficient (Wildman–Crippen LogP) is 0.502. The van der Waals surface area contributed by atoms with Gasteiger partial charge in [-0.05, 0) is 6.92 Å². The van der Waals surface area contributed by atoms with Crippen molar-refractivity contribution in [1.82, 2.24) is 9.55 Å². The van der Waals surface area contributed by atoms with Crippen LogP contribution in [0.4, 0.5) is 0 Å². The predicted molar refractivity (Wildman–Crippen MR) is 43.9 cm³/mol. The van der Waals surface area contributed by atoms with Crippen LogP contribution in [0.2, 0.25) is 0 Å². The Hall–Kier alpha value is -1.83. The maximum absolute atomic E-state index is 11.0. The van der Waals surface area contributed by atoms with Crippen LogP contribution in [0.5, 0.6) is 0 Å². The van der Waals surface area contributed by atoms with E-state index in [1.54, 1.807) is 11.5 Å². The molecule has 0 bridgehead atoms. The molecule has 68 valence electrons. The SMILES string of the molecule is COC(=O)c1cn(CC#N)c(C)n1. The van der Waals surface area contributed by atoms with Crippen LogP contribution >= 0.6 is 0 Å². The third-order valence-corrected chi connectivity index (χ3v) is 1.61. The van der Waals surface area contributed by atoms with E-state index in [4.69, 9.17) is 5.26 Å². The van der Waals surface area contributed by atoms with Gasteiger partial charge in [0, 0.05) is 6.20 Å². The Balaban J connectivity index is 2.96. The van der Waals surface area contributed by atoms with Crippen molar-refractivity contribution in [2.45, 2.75) is 13.5 Å². The fourth-order valence-electron chi connectivity index (χ4n) is 0.948. The van der Waals surface area contributed by atoms with Gasteiger partial charge in [-0.15, -0.1) is 0 Å². The number of methoxy groups -OCH3 is 1. The molecule has 1 rings (SSSR count). The highest BCUT2D eigenvalue weighted by Crippen LogP contribution is 2.03. The highest BCUT2D eigenvalue weighted by atomic mass is 16.5. The Labute approximate surface area is 75.6 Å². The van der Waals surface area contributed by atoms with Crippen LogP contribution < -0.4 is 0 Å². The van der Waals surface area contributed by atoms with E-state index in [9.17, 15) is 4.79 Å². The molecule has 0 saturated heterocycles. The van der Waals surface area contributed by atoms with Crippen molar-refractivity contribution >= 4 is 5.97 Å². The van der Waals surface area contributed by atoms with Crippen LogP contribution in [0.15, 0.2) is 6.20 Å². The minimum absolute atomic E-state index is 0.190. The smallest absolute Gasteiger partial charge is 0.358 e. The Morgan fingerprint density at radius 2 is 2.54 bits per heavy atom. The summed E-state index contributed by atoms with van der Waals surface area (Å²) in [7, 11) is 1.29. The van der Waals surface area contributed by atoms with Crippen molar-refractivity contribution in [2.24, 2.45) is 0 Å². The molecule has 13 heavy (non-hydrogen) atoms. The summed E-state index contributed by atoms with van der Waals surface area (Å²) in [5, 5.41) is 8.43. The van der Waals surface area contributed by atoms with Gasteiger partial charge in [-0.1, -0.05) is 0 Å². The molecule has 0 saturated carbocycles. The number of nitriles is 1. The Kier molecular flexibility index (Phi) is 2.65. The van der Waals surface area contributed by atoms with Gasteiger partial charge in [-0.3, -0.25) is 0 Å². The van der Waals surface area contributed by atoms with Crippen LogP contribution in [0.3, 0.4) is 0 Å². The molecule has 1 aromatic heterocycles. The molecule has 0 aliphatic heterocycles. The van der Waals surface area contributed by atoms with Crippen molar-refractivity contribution in [3.8, 4) is 6.07 Å². The minimum atomic E-state index is -0.486. The second-order valence-electron chi connectivity index (χ2n) is 2.45. The molecule has 0 spiro atoms. The highest BCUT2D eigenvalue weighted by molar-refractivity contribution is 5.86. The van der Waals surface area contributed by atoms with Crippen LogP contribution in [0.1, 0.15) is 16.3 Å². The normalized spacial score (nSPS) is 9.31. The number of hydrogen-bond acceptors (Lipinski definition) is 4. The monoisotopic (exact) mass is 179 g/mol. The average molecular weight is 179 g/mol. The van der Waals surface area contributed by atoms with Gasteiger partial charge in [-0.25, -0.2) is 9.78 Å². The molecule has 1 aromatic rings. The molecule has 0 aliphatic carbocycles. The third kappa shape index (κ3) is 1.85. The van der Waals surface area contributed by atoms with Crippen LogP contribution in [0.25, 0.3) is 0 Å². The largest absolute Gasteiger partial charge is 0.464 e. The molecular weight excluding hydrogens is 170 g/mol. The van der Waals surface area contributed by atoms with Gasteiger partial charge in [0.05, 0.1) is 13.2 Å². The molecule has 1 heterocycles. The average Bonchev–Trinajstić information content (AvgIpc) is 2.47. The summed E-state index contributed by atoms with van der Waals surface area (Å²) >= 11 is 0. The summed E-state index contributed by atoms with van der Waals surface area (Å²) in [6.07, 6.45) is 1.50. The minimum Gasteiger partial charge on any atom is -0.464 e. The molecule has 0 N–H and O–H groups in total. The molecule has 0 atom stereocenters. The highest BCUT2D eigenvalue weighted by Gasteiger charge is 2.11. The lowest BCUT2D eigenvalue weighted by atomic mass is 10.5. The second-order valence-corrected chi connectivity index (χ2v) is 2.45. The van der Waals surface area contributed by atoms with E-state index >= 15 is 0 Å². The fraction of sp³-hybridized carbons (Fsp3) is 0.375. The van der Waals surface area contributed by atoms with Gasteiger partial charge in [0.1, 0.15) is 12.4 Å². The molecule has 5 heteroatoms. The lowest BCUT2D eigenvalue weighted by molar-refractivity contribution is 0.0594. The summed E-state index contributed by atoms with van der Waals surface area (Å²) in [6, 6.07) is 1.97. The van der Waals surface area contributed by atoms with Gasteiger partial charge in [0.15, 0.2) is 5.69 Å². The molecule has 0 aliphatic rings. The second kappa shape index (κ2) is 3.72. The third-order valence-electron chi connectivity index (χ3n) is 1.61. The van der Waals surface area contributed by atoms with Crippen LogP contribution in [0, 0.1) is 18.3 Å². The number of carbonyl (C=O) groups is 1. The lowest BCUT2D eigenvalue weighted by Gasteiger charge is -1.93. The number of aromatic nitrogens is 2. The van der Waals surface area contributed by atoms with E-state index in [-0.39, 0.29) is 12.2 Å². The van der Waals surface area contributed by atoms with Crippen molar-refractivity contribution < 1.29 is 9.53 Å². The standard InChI is InChI=1S/C8H9N3O2/c1-6-10-7(8(12)13-2)5-11(6)4-3-9/h5H,4H2,1-2H3. The van der Waals surface area contributed by atoms with Crippen molar-refractivity contribution in [2.75, 3.05) is 7.11 Å². The summed E-state index contributed by atoms with van der Waals surface area (Å²) in [6.45, 7) is 1.92. The first kappa shape index (κ1) is 9.26. The first-order valence-electron chi connectivity index (χ1n) is 3.68. The zero-order valence-electron chi connectivity index (χ0n) is 7.44. The molecule has 0 amide bonds. The number of hydrogen-bond donors (Lipinski definition) is 0. The van der Waals surface area contributed by atoms with E-state index in [1.807, 2.05) is 6.07 Å². The molecular formula is C8H9N3O2. The topological polar surface area (TPSA) is 67.9 Å². The number of nitrogens with zero attached hydrogens (tertiary/aromatic N) is 3. The van der Waals surface area contributed by atoms with E-state index in [2.05, 4.69) is 9.72 Å².